The summed E-state index contributed by atoms with van der Waals surface area (Å²) in [7, 11) is 9.89. The van der Waals surface area contributed by atoms with Crippen molar-refractivity contribution in [1.82, 2.24) is 24.9 Å². The number of ether oxygens (including phenoxy) is 2. The SMILES string of the molecule is CCC(C)C(C(CC(=O)N1CCCC1C(OC)C(C)C(=O)N(C)C(CC#N)Cc1cccc([N+](=O)[O-])c1)OC)N(C)C(=O)CNC(=O)C(C)N(C)C. The average molecular weight is 730 g/mol. The maximum atomic E-state index is 14.1. The molecule has 4 amide bonds. The summed E-state index contributed by atoms with van der Waals surface area (Å²) in [5.41, 5.74) is 0.571. The summed E-state index contributed by atoms with van der Waals surface area (Å²) in [6, 6.07) is 6.49. The molecular formula is C37H59N7O8. The van der Waals surface area contributed by atoms with Crippen LogP contribution in [0, 0.1) is 33.3 Å². The van der Waals surface area contributed by atoms with E-state index in [1.165, 1.54) is 31.3 Å². The summed E-state index contributed by atoms with van der Waals surface area (Å²) in [5.74, 6) is -1.72. The van der Waals surface area contributed by atoms with Gasteiger partial charge in [-0.2, -0.15) is 5.26 Å². The van der Waals surface area contributed by atoms with Gasteiger partial charge in [-0.15, -0.1) is 0 Å². The number of carbonyl (C=O) groups is 4. The number of nitriles is 1. The molecule has 0 saturated carbocycles. The number of hydrogen-bond acceptors (Lipinski definition) is 10. The molecule has 1 aliphatic heterocycles. The number of nitrogens with one attached hydrogen (secondary N) is 1. The maximum absolute atomic E-state index is 14.1. The van der Waals surface area contributed by atoms with E-state index < -0.39 is 47.2 Å². The number of nitro groups is 1. The molecule has 290 valence electrons. The van der Waals surface area contributed by atoms with E-state index >= 15 is 0 Å². The van der Waals surface area contributed by atoms with Crippen molar-refractivity contribution in [3.63, 3.8) is 0 Å². The van der Waals surface area contributed by atoms with Crippen molar-refractivity contribution in [3.05, 3.63) is 39.9 Å². The molecule has 15 heteroatoms. The van der Waals surface area contributed by atoms with Gasteiger partial charge in [0.15, 0.2) is 0 Å². The monoisotopic (exact) mass is 729 g/mol. The van der Waals surface area contributed by atoms with Crippen LogP contribution in [0.2, 0.25) is 0 Å². The number of likely N-dealkylation sites (tertiary alicyclic amines) is 1. The van der Waals surface area contributed by atoms with E-state index in [-0.39, 0.29) is 61.0 Å². The van der Waals surface area contributed by atoms with Gasteiger partial charge in [-0.1, -0.05) is 39.3 Å². The second kappa shape index (κ2) is 20.8. The summed E-state index contributed by atoms with van der Waals surface area (Å²) < 4.78 is 11.8. The van der Waals surface area contributed by atoms with E-state index in [0.717, 1.165) is 6.42 Å². The van der Waals surface area contributed by atoms with Crippen LogP contribution in [-0.4, -0.2) is 140 Å². The highest BCUT2D eigenvalue weighted by Crippen LogP contribution is 2.30. The highest BCUT2D eigenvalue weighted by atomic mass is 16.6. The second-order valence-corrected chi connectivity index (χ2v) is 14.1. The average Bonchev–Trinajstić information content (AvgIpc) is 3.61. The number of methoxy groups -OCH3 is 2. The van der Waals surface area contributed by atoms with Gasteiger partial charge in [0.1, 0.15) is 0 Å². The third kappa shape index (κ3) is 11.4. The summed E-state index contributed by atoms with van der Waals surface area (Å²) in [6.07, 6.45) is 1.05. The normalized spacial score (nSPS) is 18.3. The predicted octanol–water partition coefficient (Wildman–Crippen LogP) is 2.86. The third-order valence-corrected chi connectivity index (χ3v) is 10.7. The summed E-state index contributed by atoms with van der Waals surface area (Å²) in [5, 5.41) is 23.6. The van der Waals surface area contributed by atoms with Crippen LogP contribution in [-0.2, 0) is 35.1 Å². The van der Waals surface area contributed by atoms with Gasteiger partial charge in [-0.05, 0) is 51.8 Å². The van der Waals surface area contributed by atoms with Gasteiger partial charge in [-0.3, -0.25) is 34.2 Å². The molecule has 0 aromatic heterocycles. The van der Waals surface area contributed by atoms with Crippen molar-refractivity contribution in [3.8, 4) is 6.07 Å². The van der Waals surface area contributed by atoms with Crippen molar-refractivity contribution >= 4 is 29.3 Å². The minimum atomic E-state index is -0.681. The van der Waals surface area contributed by atoms with Crippen molar-refractivity contribution in [2.24, 2.45) is 11.8 Å². The quantitative estimate of drug-likeness (QED) is 0.155. The Hall–Kier alpha value is -4.13. The highest BCUT2D eigenvalue weighted by molar-refractivity contribution is 5.87. The third-order valence-electron chi connectivity index (χ3n) is 10.7. The fourth-order valence-corrected chi connectivity index (χ4v) is 7.01. The fourth-order valence-electron chi connectivity index (χ4n) is 7.01. The number of benzene rings is 1. The van der Waals surface area contributed by atoms with Gasteiger partial charge in [0.25, 0.3) is 5.69 Å². The number of likely N-dealkylation sites (N-methyl/N-ethyl adjacent to an activating group) is 3. The van der Waals surface area contributed by atoms with Crippen molar-refractivity contribution in [2.45, 2.75) is 103 Å². The molecule has 2 rings (SSSR count). The number of rotatable bonds is 20. The zero-order valence-electron chi connectivity index (χ0n) is 32.5. The molecule has 1 aromatic carbocycles. The van der Waals surface area contributed by atoms with Crippen LogP contribution in [0.15, 0.2) is 24.3 Å². The van der Waals surface area contributed by atoms with Crippen molar-refractivity contribution < 1.29 is 33.6 Å². The number of non-ortho nitro benzene ring substituents is 1. The van der Waals surface area contributed by atoms with E-state index in [1.54, 1.807) is 68.9 Å². The number of carbonyl (C=O) groups excluding carboxylic acids is 4. The molecule has 0 spiro atoms. The van der Waals surface area contributed by atoms with Gasteiger partial charge in [0.05, 0.1) is 66.6 Å². The van der Waals surface area contributed by atoms with Crippen LogP contribution >= 0.6 is 0 Å². The Labute approximate surface area is 308 Å². The standard InChI is InChI=1S/C37H59N7O8/c1-11-24(2)34(42(8)33(46)23-39-36(47)26(4)40(5)6)31(51-9)22-32(45)43-19-13-16-30(43)35(52-10)25(3)37(48)41(7)28(17-18-38)20-27-14-12-15-29(21-27)44(49)50/h12,14-15,21,24-26,28,30-31,34-35H,11,13,16-17,19-20,22-23H2,1-10H3,(H,39,47). The molecule has 1 aromatic rings. The Bertz CT molecular complexity index is 1420. The minimum Gasteiger partial charge on any atom is -0.379 e. The maximum Gasteiger partial charge on any atom is 0.269 e. The van der Waals surface area contributed by atoms with Crippen LogP contribution in [0.1, 0.15) is 65.4 Å². The lowest BCUT2D eigenvalue weighted by atomic mass is 9.90. The Kier molecular flexibility index (Phi) is 17.6. The van der Waals surface area contributed by atoms with Crippen LogP contribution in [0.4, 0.5) is 5.69 Å². The molecule has 15 nitrogen and oxygen atoms in total. The predicted molar refractivity (Wildman–Crippen MR) is 196 cm³/mol. The summed E-state index contributed by atoms with van der Waals surface area (Å²) in [4.78, 5) is 71.2. The van der Waals surface area contributed by atoms with Gasteiger partial charge in [0.2, 0.25) is 23.6 Å². The van der Waals surface area contributed by atoms with E-state index in [2.05, 4.69) is 11.4 Å². The minimum absolute atomic E-state index is 0.00420. The summed E-state index contributed by atoms with van der Waals surface area (Å²) >= 11 is 0. The first-order valence-electron chi connectivity index (χ1n) is 18.0. The molecule has 0 radical (unpaired) electrons. The van der Waals surface area contributed by atoms with E-state index in [0.29, 0.717) is 24.9 Å². The number of nitrogens with zero attached hydrogens (tertiary/aromatic N) is 6. The van der Waals surface area contributed by atoms with Gasteiger partial charge in [-0.25, -0.2) is 0 Å². The lowest BCUT2D eigenvalue weighted by molar-refractivity contribution is -0.384. The van der Waals surface area contributed by atoms with E-state index in [9.17, 15) is 34.6 Å². The first-order valence-corrected chi connectivity index (χ1v) is 18.0. The molecule has 52 heavy (non-hydrogen) atoms. The molecular weight excluding hydrogens is 670 g/mol. The molecule has 1 heterocycles. The lowest BCUT2D eigenvalue weighted by Crippen LogP contribution is -2.55. The van der Waals surface area contributed by atoms with E-state index in [4.69, 9.17) is 9.47 Å². The van der Waals surface area contributed by atoms with Gasteiger partial charge >= 0.3 is 0 Å². The smallest absolute Gasteiger partial charge is 0.269 e. The molecule has 1 saturated heterocycles. The Balaban J connectivity index is 2.22. The number of amides is 4. The second-order valence-electron chi connectivity index (χ2n) is 14.1. The number of hydrogen-bond donors (Lipinski definition) is 1. The molecule has 0 aliphatic carbocycles. The molecule has 8 atom stereocenters. The Morgan fingerprint density at radius 2 is 1.77 bits per heavy atom. The highest BCUT2D eigenvalue weighted by Gasteiger charge is 2.43. The van der Waals surface area contributed by atoms with E-state index in [1.807, 2.05) is 13.8 Å². The first-order chi connectivity index (χ1) is 24.5. The Morgan fingerprint density at radius 1 is 1.10 bits per heavy atom. The zero-order chi connectivity index (χ0) is 39.3. The summed E-state index contributed by atoms with van der Waals surface area (Å²) in [6.45, 7) is 7.79. The van der Waals surface area contributed by atoms with Gasteiger partial charge in [0, 0.05) is 53.0 Å². The van der Waals surface area contributed by atoms with Gasteiger partial charge < -0.3 is 29.5 Å². The molecule has 8 unspecified atom stereocenters. The van der Waals surface area contributed by atoms with Crippen LogP contribution in [0.25, 0.3) is 0 Å². The largest absolute Gasteiger partial charge is 0.379 e. The Morgan fingerprint density at radius 3 is 2.33 bits per heavy atom. The number of nitro benzene ring substituents is 1. The van der Waals surface area contributed by atoms with Crippen LogP contribution in [0.3, 0.4) is 0 Å². The van der Waals surface area contributed by atoms with Crippen LogP contribution < -0.4 is 5.32 Å². The topological polar surface area (TPSA) is 179 Å². The van der Waals surface area contributed by atoms with Crippen molar-refractivity contribution in [2.75, 3.05) is 55.5 Å². The molecule has 1 aliphatic rings. The lowest BCUT2D eigenvalue weighted by Gasteiger charge is -2.39. The molecule has 1 N–H and O–H groups in total. The van der Waals surface area contributed by atoms with Crippen molar-refractivity contribution in [1.29, 1.82) is 5.26 Å². The van der Waals surface area contributed by atoms with Crippen LogP contribution in [0.5, 0.6) is 0 Å². The first kappa shape index (κ1) is 44.0. The molecule has 1 fully saturated rings. The fraction of sp³-hybridized carbons (Fsp3) is 0.703. The zero-order valence-corrected chi connectivity index (χ0v) is 32.5. The molecule has 0 bridgehead atoms.